The summed E-state index contributed by atoms with van der Waals surface area (Å²) in [6, 6.07) is 25.3. The van der Waals surface area contributed by atoms with Crippen molar-refractivity contribution in [3.63, 3.8) is 0 Å². The topological polar surface area (TPSA) is 12.4 Å². The van der Waals surface area contributed by atoms with Crippen molar-refractivity contribution in [2.24, 2.45) is 10.9 Å². The molecule has 3 aromatic carbocycles. The number of thiocarbonyl (C=S) groups is 1. The van der Waals surface area contributed by atoms with Gasteiger partial charge in [0.05, 0.1) is 10.6 Å². The molecule has 0 unspecified atom stereocenters. The first kappa shape index (κ1) is 20.7. The Kier molecular flexibility index (Phi) is 6.73. The maximum atomic E-state index is 14.3. The van der Waals surface area contributed by atoms with Gasteiger partial charge in [-0.2, -0.15) is 4.99 Å². The molecule has 3 aromatic rings. The molecule has 0 fully saturated rings. The number of hydrogen-bond donors (Lipinski definition) is 0. The second-order valence-electron chi connectivity index (χ2n) is 7.35. The standard InChI is InChI=1S/C26H22FNS/c1-20(2)18-26(22-9-5-3-6-10-22,23-11-7-4-8-12-23)16-15-21-13-14-25(28-19-29)24(27)17-21/h3-14,17,20H,18H2,1-2H3. The van der Waals surface area contributed by atoms with Crippen LogP contribution in [0.3, 0.4) is 0 Å². The van der Waals surface area contributed by atoms with Crippen molar-refractivity contribution in [2.45, 2.75) is 25.7 Å². The van der Waals surface area contributed by atoms with E-state index in [0.29, 0.717) is 11.5 Å². The van der Waals surface area contributed by atoms with Crippen molar-refractivity contribution in [1.29, 1.82) is 0 Å². The molecule has 0 aromatic heterocycles. The number of halogens is 1. The lowest BCUT2D eigenvalue weighted by Gasteiger charge is -2.32. The van der Waals surface area contributed by atoms with Crippen LogP contribution in [-0.2, 0) is 5.41 Å². The molecule has 0 heterocycles. The van der Waals surface area contributed by atoms with E-state index < -0.39 is 11.2 Å². The lowest BCUT2D eigenvalue weighted by Crippen LogP contribution is -2.28. The van der Waals surface area contributed by atoms with Crippen LogP contribution in [-0.4, -0.2) is 5.16 Å². The van der Waals surface area contributed by atoms with E-state index >= 15 is 0 Å². The third-order valence-corrected chi connectivity index (χ3v) is 4.87. The Balaban J connectivity index is 2.18. The van der Waals surface area contributed by atoms with Gasteiger partial charge in [0.25, 0.3) is 0 Å². The van der Waals surface area contributed by atoms with E-state index in [0.717, 1.165) is 17.5 Å². The number of aliphatic imine (C=N–C) groups is 1. The van der Waals surface area contributed by atoms with E-state index in [-0.39, 0.29) is 5.69 Å². The van der Waals surface area contributed by atoms with Crippen LogP contribution in [0.4, 0.5) is 10.1 Å². The second kappa shape index (κ2) is 9.43. The van der Waals surface area contributed by atoms with Crippen LogP contribution in [0.5, 0.6) is 0 Å². The maximum absolute atomic E-state index is 14.3. The van der Waals surface area contributed by atoms with Gasteiger partial charge in [0.1, 0.15) is 5.69 Å². The molecule has 1 nitrogen and oxygen atoms in total. The monoisotopic (exact) mass is 399 g/mol. The molecule has 0 spiro atoms. The Morgan fingerprint density at radius 2 is 1.52 bits per heavy atom. The first-order chi connectivity index (χ1) is 14.0. The summed E-state index contributed by atoms with van der Waals surface area (Å²) >= 11 is 4.56. The largest absolute Gasteiger partial charge is 0.205 e. The Labute approximate surface area is 177 Å². The zero-order valence-electron chi connectivity index (χ0n) is 16.5. The smallest absolute Gasteiger partial charge is 0.150 e. The normalized spacial score (nSPS) is 10.8. The Bertz CT molecular complexity index is 1030. The maximum Gasteiger partial charge on any atom is 0.150 e. The number of rotatable bonds is 5. The molecule has 0 aliphatic carbocycles. The van der Waals surface area contributed by atoms with Gasteiger partial charge in [0.2, 0.25) is 0 Å². The highest BCUT2D eigenvalue weighted by atomic mass is 32.1. The van der Waals surface area contributed by atoms with Crippen LogP contribution in [0.2, 0.25) is 0 Å². The first-order valence-electron chi connectivity index (χ1n) is 9.57. The number of hydrogen-bond acceptors (Lipinski definition) is 2. The van der Waals surface area contributed by atoms with Gasteiger partial charge in [-0.3, -0.25) is 0 Å². The van der Waals surface area contributed by atoms with E-state index in [1.165, 1.54) is 6.07 Å². The highest BCUT2D eigenvalue weighted by Crippen LogP contribution is 2.38. The Hall–Kier alpha value is -3.05. The molecule has 0 atom stereocenters. The minimum atomic E-state index is -0.488. The van der Waals surface area contributed by atoms with Crippen LogP contribution >= 0.6 is 12.2 Å². The highest BCUT2D eigenvalue weighted by Gasteiger charge is 2.33. The van der Waals surface area contributed by atoms with Crippen molar-refractivity contribution >= 4 is 23.1 Å². The average Bonchev–Trinajstić information content (AvgIpc) is 2.74. The molecule has 0 radical (unpaired) electrons. The van der Waals surface area contributed by atoms with E-state index in [1.807, 2.05) is 36.4 Å². The third kappa shape index (κ3) is 4.87. The number of benzene rings is 3. The van der Waals surface area contributed by atoms with Gasteiger partial charge in [-0.1, -0.05) is 86.4 Å². The van der Waals surface area contributed by atoms with Crippen LogP contribution in [0.25, 0.3) is 0 Å². The Morgan fingerprint density at radius 1 is 0.931 bits per heavy atom. The van der Waals surface area contributed by atoms with Crippen LogP contribution < -0.4 is 0 Å². The summed E-state index contributed by atoms with van der Waals surface area (Å²) in [4.78, 5) is 3.73. The minimum absolute atomic E-state index is 0.171. The Morgan fingerprint density at radius 3 is 2.00 bits per heavy atom. The molecule has 3 heteroatoms. The van der Waals surface area contributed by atoms with E-state index in [4.69, 9.17) is 0 Å². The molecule has 29 heavy (non-hydrogen) atoms. The fraction of sp³-hybridized carbons (Fsp3) is 0.192. The van der Waals surface area contributed by atoms with Crippen LogP contribution in [0.1, 0.15) is 37.0 Å². The van der Waals surface area contributed by atoms with Crippen LogP contribution in [0.15, 0.2) is 83.9 Å². The SMILES string of the molecule is CC(C)CC(C#Cc1ccc(N=C=S)c(F)c1)(c1ccccc1)c1ccccc1. The van der Waals surface area contributed by atoms with E-state index in [1.54, 1.807) is 12.1 Å². The summed E-state index contributed by atoms with van der Waals surface area (Å²) in [7, 11) is 0. The summed E-state index contributed by atoms with van der Waals surface area (Å²) in [6.45, 7) is 4.39. The zero-order valence-corrected chi connectivity index (χ0v) is 17.3. The van der Waals surface area contributed by atoms with Crippen molar-refractivity contribution in [1.82, 2.24) is 0 Å². The molecule has 0 saturated carbocycles. The fourth-order valence-electron chi connectivity index (χ4n) is 3.56. The van der Waals surface area contributed by atoms with Crippen LogP contribution in [0, 0.1) is 23.6 Å². The molecular formula is C26H22FNS. The molecule has 0 aliphatic rings. The summed E-state index contributed by atoms with van der Waals surface area (Å²) in [5, 5.41) is 2.20. The molecule has 0 bridgehead atoms. The van der Waals surface area contributed by atoms with Crippen molar-refractivity contribution in [3.05, 3.63) is 101 Å². The fourth-order valence-corrected chi connectivity index (χ4v) is 3.66. The predicted molar refractivity (Wildman–Crippen MR) is 121 cm³/mol. The molecule has 0 amide bonds. The van der Waals surface area contributed by atoms with E-state index in [2.05, 4.69) is 72.3 Å². The van der Waals surface area contributed by atoms with Crippen molar-refractivity contribution in [3.8, 4) is 11.8 Å². The zero-order chi connectivity index (χ0) is 20.7. The summed E-state index contributed by atoms with van der Waals surface area (Å²) < 4.78 is 14.3. The molecule has 3 rings (SSSR count). The molecule has 0 N–H and O–H groups in total. The van der Waals surface area contributed by atoms with Crippen molar-refractivity contribution < 1.29 is 4.39 Å². The minimum Gasteiger partial charge on any atom is -0.205 e. The van der Waals surface area contributed by atoms with Gasteiger partial charge in [0, 0.05) is 5.56 Å². The average molecular weight is 400 g/mol. The lowest BCUT2D eigenvalue weighted by atomic mass is 9.70. The summed E-state index contributed by atoms with van der Waals surface area (Å²) in [6.07, 6.45) is 0.851. The molecule has 144 valence electrons. The number of isothiocyanates is 1. The summed E-state index contributed by atoms with van der Waals surface area (Å²) in [5.74, 6) is 6.69. The second-order valence-corrected chi connectivity index (χ2v) is 7.54. The lowest BCUT2D eigenvalue weighted by molar-refractivity contribution is 0.477. The predicted octanol–water partition coefficient (Wildman–Crippen LogP) is 6.94. The van der Waals surface area contributed by atoms with E-state index in [9.17, 15) is 4.39 Å². The van der Waals surface area contributed by atoms with Gasteiger partial charge in [-0.15, -0.1) is 0 Å². The van der Waals surface area contributed by atoms with Gasteiger partial charge >= 0.3 is 0 Å². The quantitative estimate of drug-likeness (QED) is 0.257. The third-order valence-electron chi connectivity index (χ3n) is 4.78. The number of nitrogens with zero attached hydrogens (tertiary/aromatic N) is 1. The first-order valence-corrected chi connectivity index (χ1v) is 9.97. The molecular weight excluding hydrogens is 377 g/mol. The van der Waals surface area contributed by atoms with Gasteiger partial charge in [0.15, 0.2) is 5.82 Å². The molecule has 0 aliphatic heterocycles. The summed E-state index contributed by atoms with van der Waals surface area (Å²) in [5.41, 5.74) is 2.55. The van der Waals surface area contributed by atoms with Gasteiger partial charge in [-0.25, -0.2) is 4.39 Å². The highest BCUT2D eigenvalue weighted by molar-refractivity contribution is 7.78. The molecule has 0 saturated heterocycles. The van der Waals surface area contributed by atoms with Gasteiger partial charge < -0.3 is 0 Å². The van der Waals surface area contributed by atoms with Crippen molar-refractivity contribution in [2.75, 3.05) is 0 Å². The van der Waals surface area contributed by atoms with Gasteiger partial charge in [-0.05, 0) is 53.9 Å².